The quantitative estimate of drug-likeness (QED) is 0.896. The molecular formula is C15H22N2O2. The van der Waals surface area contributed by atoms with Crippen LogP contribution in [0.25, 0.3) is 0 Å². The van der Waals surface area contributed by atoms with E-state index in [0.29, 0.717) is 26.3 Å². The number of hydrogen-bond donors (Lipinski definition) is 1. The molecule has 0 spiro atoms. The van der Waals surface area contributed by atoms with Crippen LogP contribution in [0.3, 0.4) is 0 Å². The highest BCUT2D eigenvalue weighted by Crippen LogP contribution is 2.12. The molecule has 1 N–H and O–H groups in total. The molecule has 0 saturated carbocycles. The average molecular weight is 262 g/mol. The second kappa shape index (κ2) is 6.68. The summed E-state index contributed by atoms with van der Waals surface area (Å²) in [6.45, 7) is 6.70. The number of benzene rings is 1. The Kier molecular flexibility index (Phi) is 4.93. The van der Waals surface area contributed by atoms with Crippen LogP contribution in [-0.2, 0) is 9.53 Å². The fourth-order valence-electron chi connectivity index (χ4n) is 2.34. The van der Waals surface area contributed by atoms with Crippen molar-refractivity contribution >= 4 is 5.91 Å². The van der Waals surface area contributed by atoms with Crippen LogP contribution in [0.15, 0.2) is 30.3 Å². The third-order valence-electron chi connectivity index (χ3n) is 3.49. The molecule has 1 heterocycles. The molecule has 2 atom stereocenters. The monoisotopic (exact) mass is 262 g/mol. The maximum atomic E-state index is 12.3. The van der Waals surface area contributed by atoms with E-state index in [4.69, 9.17) is 4.74 Å². The van der Waals surface area contributed by atoms with Crippen LogP contribution in [0.2, 0.25) is 0 Å². The van der Waals surface area contributed by atoms with Crippen molar-refractivity contribution < 1.29 is 9.53 Å². The molecule has 1 aromatic rings. The van der Waals surface area contributed by atoms with E-state index >= 15 is 0 Å². The Morgan fingerprint density at radius 2 is 1.84 bits per heavy atom. The van der Waals surface area contributed by atoms with Gasteiger partial charge in [0.1, 0.15) is 0 Å². The van der Waals surface area contributed by atoms with Gasteiger partial charge < -0.3 is 9.64 Å². The first-order valence-corrected chi connectivity index (χ1v) is 6.86. The first-order valence-electron chi connectivity index (χ1n) is 6.86. The number of morpholine rings is 1. The molecule has 1 amide bonds. The van der Waals surface area contributed by atoms with Crippen molar-refractivity contribution in [2.24, 2.45) is 0 Å². The lowest BCUT2D eigenvalue weighted by atomic mass is 10.1. The number of nitrogens with one attached hydrogen (secondary N) is 1. The van der Waals surface area contributed by atoms with E-state index < -0.39 is 0 Å². The minimum absolute atomic E-state index is 0.158. The molecule has 1 unspecified atom stereocenters. The van der Waals surface area contributed by atoms with Crippen LogP contribution in [0.5, 0.6) is 0 Å². The Morgan fingerprint density at radius 3 is 2.47 bits per heavy atom. The lowest BCUT2D eigenvalue weighted by Crippen LogP contribution is -2.49. The summed E-state index contributed by atoms with van der Waals surface area (Å²) >= 11 is 0. The molecule has 19 heavy (non-hydrogen) atoms. The van der Waals surface area contributed by atoms with Gasteiger partial charge >= 0.3 is 0 Å². The van der Waals surface area contributed by atoms with Gasteiger partial charge in [0.2, 0.25) is 5.91 Å². The summed E-state index contributed by atoms with van der Waals surface area (Å²) in [6.07, 6.45) is 0. The Labute approximate surface area is 114 Å². The minimum Gasteiger partial charge on any atom is -0.378 e. The van der Waals surface area contributed by atoms with E-state index in [-0.39, 0.29) is 18.0 Å². The third-order valence-corrected chi connectivity index (χ3v) is 3.49. The van der Waals surface area contributed by atoms with Gasteiger partial charge in [-0.1, -0.05) is 30.3 Å². The van der Waals surface area contributed by atoms with Gasteiger partial charge in [-0.3, -0.25) is 10.1 Å². The molecule has 0 radical (unpaired) electrons. The summed E-state index contributed by atoms with van der Waals surface area (Å²) in [7, 11) is 0. The molecule has 2 rings (SSSR count). The van der Waals surface area contributed by atoms with Gasteiger partial charge in [0.25, 0.3) is 0 Å². The molecular weight excluding hydrogens is 240 g/mol. The van der Waals surface area contributed by atoms with Gasteiger partial charge in [0, 0.05) is 19.1 Å². The van der Waals surface area contributed by atoms with Crippen molar-refractivity contribution in [3.8, 4) is 0 Å². The standard InChI is InChI=1S/C15H22N2O2/c1-12(14-6-4-3-5-7-14)16-13(2)15(18)17-8-10-19-11-9-17/h3-7,12-13,16H,8-11H2,1-2H3/t12-,13?/m1/s1. The summed E-state index contributed by atoms with van der Waals surface area (Å²) < 4.78 is 5.27. The van der Waals surface area contributed by atoms with E-state index in [1.165, 1.54) is 5.56 Å². The van der Waals surface area contributed by atoms with Gasteiger partial charge in [-0.25, -0.2) is 0 Å². The zero-order valence-corrected chi connectivity index (χ0v) is 11.6. The Bertz CT molecular complexity index is 402. The van der Waals surface area contributed by atoms with E-state index in [9.17, 15) is 4.79 Å². The van der Waals surface area contributed by atoms with Crippen molar-refractivity contribution in [2.75, 3.05) is 26.3 Å². The van der Waals surface area contributed by atoms with Crippen molar-refractivity contribution in [3.05, 3.63) is 35.9 Å². The highest BCUT2D eigenvalue weighted by molar-refractivity contribution is 5.81. The van der Waals surface area contributed by atoms with Crippen molar-refractivity contribution in [1.29, 1.82) is 0 Å². The van der Waals surface area contributed by atoms with Gasteiger partial charge in [-0.2, -0.15) is 0 Å². The molecule has 104 valence electrons. The van der Waals surface area contributed by atoms with E-state index in [1.54, 1.807) is 0 Å². The van der Waals surface area contributed by atoms with E-state index in [1.807, 2.05) is 30.0 Å². The number of carbonyl (C=O) groups is 1. The minimum atomic E-state index is -0.173. The SMILES string of the molecule is CC(N[C@H](C)c1ccccc1)C(=O)N1CCOCC1. The summed E-state index contributed by atoms with van der Waals surface area (Å²) in [5, 5.41) is 3.36. The van der Waals surface area contributed by atoms with Crippen molar-refractivity contribution in [2.45, 2.75) is 25.9 Å². The molecule has 4 heteroatoms. The molecule has 1 fully saturated rings. The van der Waals surface area contributed by atoms with Crippen LogP contribution >= 0.6 is 0 Å². The largest absolute Gasteiger partial charge is 0.378 e. The second-order valence-electron chi connectivity index (χ2n) is 4.96. The number of nitrogens with zero attached hydrogens (tertiary/aromatic N) is 1. The van der Waals surface area contributed by atoms with Crippen LogP contribution < -0.4 is 5.32 Å². The molecule has 0 aromatic heterocycles. The maximum absolute atomic E-state index is 12.3. The van der Waals surface area contributed by atoms with Gasteiger partial charge in [-0.05, 0) is 19.4 Å². The maximum Gasteiger partial charge on any atom is 0.239 e. The lowest BCUT2D eigenvalue weighted by Gasteiger charge is -2.30. The fourth-order valence-corrected chi connectivity index (χ4v) is 2.34. The normalized spacial score (nSPS) is 18.9. The predicted octanol–water partition coefficient (Wildman–Crippen LogP) is 1.58. The van der Waals surface area contributed by atoms with Crippen LogP contribution in [0.1, 0.15) is 25.5 Å². The first-order chi connectivity index (χ1) is 9.18. The van der Waals surface area contributed by atoms with Crippen LogP contribution in [-0.4, -0.2) is 43.2 Å². The zero-order valence-electron chi connectivity index (χ0n) is 11.6. The number of hydrogen-bond acceptors (Lipinski definition) is 3. The Balaban J connectivity index is 1.89. The topological polar surface area (TPSA) is 41.6 Å². The van der Waals surface area contributed by atoms with E-state index in [2.05, 4.69) is 24.4 Å². The molecule has 1 aliphatic rings. The Morgan fingerprint density at radius 1 is 1.21 bits per heavy atom. The smallest absolute Gasteiger partial charge is 0.239 e. The average Bonchev–Trinajstić information content (AvgIpc) is 2.48. The fraction of sp³-hybridized carbons (Fsp3) is 0.533. The molecule has 0 aliphatic carbocycles. The van der Waals surface area contributed by atoms with Gasteiger partial charge in [0.15, 0.2) is 0 Å². The zero-order chi connectivity index (χ0) is 13.7. The summed E-state index contributed by atoms with van der Waals surface area (Å²) in [4.78, 5) is 14.1. The lowest BCUT2D eigenvalue weighted by molar-refractivity contribution is -0.137. The highest BCUT2D eigenvalue weighted by atomic mass is 16.5. The van der Waals surface area contributed by atoms with Gasteiger partial charge in [-0.15, -0.1) is 0 Å². The van der Waals surface area contributed by atoms with Crippen LogP contribution in [0, 0.1) is 0 Å². The molecule has 0 bridgehead atoms. The van der Waals surface area contributed by atoms with Crippen molar-refractivity contribution in [1.82, 2.24) is 10.2 Å². The number of rotatable bonds is 4. The summed E-state index contributed by atoms with van der Waals surface area (Å²) in [5.74, 6) is 0.158. The van der Waals surface area contributed by atoms with E-state index in [0.717, 1.165) is 0 Å². The highest BCUT2D eigenvalue weighted by Gasteiger charge is 2.23. The summed E-state index contributed by atoms with van der Waals surface area (Å²) in [5.41, 5.74) is 1.20. The predicted molar refractivity (Wildman–Crippen MR) is 74.9 cm³/mol. The third kappa shape index (κ3) is 3.78. The number of carbonyl (C=O) groups excluding carboxylic acids is 1. The molecule has 1 aromatic carbocycles. The molecule has 1 saturated heterocycles. The number of amides is 1. The first kappa shape index (κ1) is 14.0. The Hall–Kier alpha value is -1.39. The second-order valence-corrected chi connectivity index (χ2v) is 4.96. The van der Waals surface area contributed by atoms with Gasteiger partial charge in [0.05, 0.1) is 19.3 Å². The van der Waals surface area contributed by atoms with Crippen LogP contribution in [0.4, 0.5) is 0 Å². The number of ether oxygens (including phenoxy) is 1. The van der Waals surface area contributed by atoms with Crippen molar-refractivity contribution in [3.63, 3.8) is 0 Å². The molecule has 1 aliphatic heterocycles. The summed E-state index contributed by atoms with van der Waals surface area (Å²) in [6, 6.07) is 10.2. The molecule has 4 nitrogen and oxygen atoms in total.